The third kappa shape index (κ3) is 3.09. The first-order valence-electron chi connectivity index (χ1n) is 9.36. The van der Waals surface area contributed by atoms with Crippen molar-refractivity contribution in [1.29, 1.82) is 0 Å². The van der Waals surface area contributed by atoms with Crippen LogP contribution in [0.2, 0.25) is 0 Å². The van der Waals surface area contributed by atoms with Crippen molar-refractivity contribution in [1.82, 2.24) is 4.98 Å². The Kier molecular flexibility index (Phi) is 4.44. The van der Waals surface area contributed by atoms with Gasteiger partial charge in [-0.25, -0.2) is 14.6 Å². The monoisotopic (exact) mass is 416 g/mol. The van der Waals surface area contributed by atoms with Crippen LogP contribution in [-0.4, -0.2) is 28.8 Å². The van der Waals surface area contributed by atoms with Crippen molar-refractivity contribution >= 4 is 38.7 Å². The van der Waals surface area contributed by atoms with Gasteiger partial charge in [0.25, 0.3) is 0 Å². The summed E-state index contributed by atoms with van der Waals surface area (Å²) in [4.78, 5) is 28.0. The summed E-state index contributed by atoms with van der Waals surface area (Å²) >= 11 is 1.21. The SMILES string of the molecule is O=C(Nc1nc2c(C(=O)O)cccc2s1)OCC1c2ccccc2-c2ccccc21. The highest BCUT2D eigenvalue weighted by Crippen LogP contribution is 2.44. The van der Waals surface area contributed by atoms with E-state index in [4.69, 9.17) is 4.74 Å². The second-order valence-corrected chi connectivity index (χ2v) is 7.96. The summed E-state index contributed by atoms with van der Waals surface area (Å²) in [6, 6.07) is 21.2. The molecule has 0 saturated heterocycles. The van der Waals surface area contributed by atoms with Crippen LogP contribution >= 0.6 is 11.3 Å². The summed E-state index contributed by atoms with van der Waals surface area (Å²) in [7, 11) is 0. The van der Waals surface area contributed by atoms with Crippen LogP contribution in [0.1, 0.15) is 27.4 Å². The van der Waals surface area contributed by atoms with Crippen molar-refractivity contribution < 1.29 is 19.4 Å². The second kappa shape index (κ2) is 7.27. The number of carboxylic acid groups (broad SMARTS) is 1. The highest BCUT2D eigenvalue weighted by molar-refractivity contribution is 7.22. The van der Waals surface area contributed by atoms with Gasteiger partial charge in [0, 0.05) is 5.92 Å². The Labute approximate surface area is 175 Å². The molecule has 148 valence electrons. The molecule has 30 heavy (non-hydrogen) atoms. The lowest BCUT2D eigenvalue weighted by molar-refractivity contribution is 0.0699. The maximum Gasteiger partial charge on any atom is 0.413 e. The van der Waals surface area contributed by atoms with Crippen molar-refractivity contribution in [2.75, 3.05) is 11.9 Å². The van der Waals surface area contributed by atoms with Crippen molar-refractivity contribution in [3.63, 3.8) is 0 Å². The number of rotatable bonds is 4. The number of para-hydroxylation sites is 1. The fourth-order valence-electron chi connectivity index (χ4n) is 3.90. The van der Waals surface area contributed by atoms with Crippen LogP contribution in [0, 0.1) is 0 Å². The van der Waals surface area contributed by atoms with E-state index in [9.17, 15) is 14.7 Å². The Balaban J connectivity index is 1.33. The third-order valence-electron chi connectivity index (χ3n) is 5.20. The Bertz CT molecular complexity index is 1250. The number of ether oxygens (including phenoxy) is 1. The van der Waals surface area contributed by atoms with Crippen LogP contribution in [0.15, 0.2) is 66.7 Å². The summed E-state index contributed by atoms with van der Waals surface area (Å²) in [6.07, 6.45) is -0.618. The number of carboxylic acids is 1. The zero-order chi connectivity index (χ0) is 20.7. The van der Waals surface area contributed by atoms with E-state index in [-0.39, 0.29) is 18.1 Å². The molecule has 0 aliphatic heterocycles. The van der Waals surface area contributed by atoms with Gasteiger partial charge in [-0.3, -0.25) is 5.32 Å². The predicted molar refractivity (Wildman–Crippen MR) is 115 cm³/mol. The van der Waals surface area contributed by atoms with Gasteiger partial charge in [0.1, 0.15) is 6.61 Å². The number of hydrogen-bond acceptors (Lipinski definition) is 5. The normalized spacial score (nSPS) is 12.4. The Morgan fingerprint density at radius 3 is 2.30 bits per heavy atom. The quantitative estimate of drug-likeness (QED) is 0.468. The number of amides is 1. The molecular formula is C23H16N2O4S. The Morgan fingerprint density at radius 1 is 0.967 bits per heavy atom. The molecule has 6 nitrogen and oxygen atoms in total. The smallest absolute Gasteiger partial charge is 0.413 e. The molecule has 7 heteroatoms. The fraction of sp³-hybridized carbons (Fsp3) is 0.0870. The topological polar surface area (TPSA) is 88.5 Å². The first-order chi connectivity index (χ1) is 14.6. The van der Waals surface area contributed by atoms with Gasteiger partial charge in [0.15, 0.2) is 5.13 Å². The van der Waals surface area contributed by atoms with Gasteiger partial charge in [-0.05, 0) is 34.4 Å². The molecular weight excluding hydrogens is 400 g/mol. The first kappa shape index (κ1) is 18.3. The molecule has 0 bridgehead atoms. The zero-order valence-corrected chi connectivity index (χ0v) is 16.5. The number of aromatic nitrogens is 1. The van der Waals surface area contributed by atoms with Crippen LogP contribution in [-0.2, 0) is 4.74 Å². The van der Waals surface area contributed by atoms with Crippen LogP contribution < -0.4 is 5.32 Å². The largest absolute Gasteiger partial charge is 0.478 e. The molecule has 2 N–H and O–H groups in total. The molecule has 4 aromatic rings. The van der Waals surface area contributed by atoms with E-state index in [0.29, 0.717) is 15.3 Å². The van der Waals surface area contributed by atoms with Gasteiger partial charge in [-0.15, -0.1) is 0 Å². The first-order valence-corrected chi connectivity index (χ1v) is 10.2. The van der Waals surface area contributed by atoms with E-state index in [0.717, 1.165) is 22.3 Å². The lowest BCUT2D eigenvalue weighted by Crippen LogP contribution is -2.17. The van der Waals surface area contributed by atoms with Gasteiger partial charge in [0.2, 0.25) is 0 Å². The average Bonchev–Trinajstić information content (AvgIpc) is 3.30. The molecule has 0 spiro atoms. The number of anilines is 1. The summed E-state index contributed by atoms with van der Waals surface area (Å²) < 4.78 is 6.20. The molecule has 1 heterocycles. The van der Waals surface area contributed by atoms with Crippen LogP contribution in [0.25, 0.3) is 21.3 Å². The zero-order valence-electron chi connectivity index (χ0n) is 15.7. The van der Waals surface area contributed by atoms with E-state index >= 15 is 0 Å². The standard InChI is InChI=1S/C23H16N2O4S/c26-21(27)17-10-5-11-19-20(17)24-22(30-19)25-23(28)29-12-18-15-8-3-1-6-13(15)14-7-2-4-9-16(14)18/h1-11,18H,12H2,(H,26,27)(H,24,25,28). The van der Waals surface area contributed by atoms with E-state index in [1.165, 1.54) is 17.4 Å². The van der Waals surface area contributed by atoms with Crippen molar-refractivity contribution in [2.24, 2.45) is 0 Å². The minimum absolute atomic E-state index is 0.0304. The maximum atomic E-state index is 12.4. The van der Waals surface area contributed by atoms with Crippen LogP contribution in [0.3, 0.4) is 0 Å². The Hall–Kier alpha value is -3.71. The third-order valence-corrected chi connectivity index (χ3v) is 6.14. The molecule has 1 amide bonds. The lowest BCUT2D eigenvalue weighted by atomic mass is 9.98. The number of nitrogens with zero attached hydrogens (tertiary/aromatic N) is 1. The molecule has 3 aromatic carbocycles. The van der Waals surface area contributed by atoms with Crippen molar-refractivity contribution in [3.05, 3.63) is 83.4 Å². The molecule has 1 aliphatic rings. The summed E-state index contributed by atoms with van der Waals surface area (Å²) in [5.74, 6) is -1.09. The van der Waals surface area contributed by atoms with Gasteiger partial charge in [-0.2, -0.15) is 0 Å². The number of fused-ring (bicyclic) bond motifs is 4. The molecule has 5 rings (SSSR count). The number of nitrogens with one attached hydrogen (secondary N) is 1. The summed E-state index contributed by atoms with van der Waals surface area (Å²) in [6.45, 7) is 0.200. The van der Waals surface area contributed by atoms with Crippen molar-refractivity contribution in [2.45, 2.75) is 5.92 Å². The van der Waals surface area contributed by atoms with E-state index in [1.807, 2.05) is 24.3 Å². The van der Waals surface area contributed by atoms with E-state index in [1.54, 1.807) is 12.1 Å². The summed E-state index contributed by atoms with van der Waals surface area (Å²) in [5, 5.41) is 12.2. The highest BCUT2D eigenvalue weighted by atomic mass is 32.1. The maximum absolute atomic E-state index is 12.4. The molecule has 0 unspecified atom stereocenters. The second-order valence-electron chi connectivity index (χ2n) is 6.93. The molecule has 0 saturated carbocycles. The average molecular weight is 416 g/mol. The van der Waals surface area contributed by atoms with Crippen LogP contribution in [0.5, 0.6) is 0 Å². The number of carbonyl (C=O) groups excluding carboxylic acids is 1. The van der Waals surface area contributed by atoms with E-state index < -0.39 is 12.1 Å². The summed E-state index contributed by atoms with van der Waals surface area (Å²) in [5.41, 5.74) is 5.05. The number of carbonyl (C=O) groups is 2. The molecule has 1 aliphatic carbocycles. The minimum atomic E-state index is -1.06. The number of benzene rings is 3. The number of hydrogen-bond donors (Lipinski definition) is 2. The van der Waals surface area contributed by atoms with Crippen molar-refractivity contribution in [3.8, 4) is 11.1 Å². The van der Waals surface area contributed by atoms with Gasteiger partial charge >= 0.3 is 12.1 Å². The number of aromatic carboxylic acids is 1. The fourth-order valence-corrected chi connectivity index (χ4v) is 4.77. The minimum Gasteiger partial charge on any atom is -0.478 e. The molecule has 1 aromatic heterocycles. The van der Waals surface area contributed by atoms with Crippen LogP contribution in [0.4, 0.5) is 9.93 Å². The predicted octanol–water partition coefficient (Wildman–Crippen LogP) is 5.36. The van der Waals surface area contributed by atoms with Gasteiger partial charge in [0.05, 0.1) is 15.8 Å². The Morgan fingerprint density at radius 2 is 1.63 bits per heavy atom. The molecule has 0 atom stereocenters. The number of thiazole rings is 1. The molecule has 0 radical (unpaired) electrons. The highest BCUT2D eigenvalue weighted by Gasteiger charge is 2.29. The van der Waals surface area contributed by atoms with Gasteiger partial charge < -0.3 is 9.84 Å². The van der Waals surface area contributed by atoms with E-state index in [2.05, 4.69) is 34.6 Å². The van der Waals surface area contributed by atoms with Gasteiger partial charge in [-0.1, -0.05) is 65.9 Å². The molecule has 0 fully saturated rings. The lowest BCUT2D eigenvalue weighted by Gasteiger charge is -2.14.